The smallest absolute Gasteiger partial charge is 0.248 e. The van der Waals surface area contributed by atoms with Crippen molar-refractivity contribution >= 4 is 5.91 Å². The maximum absolute atomic E-state index is 11.8. The van der Waals surface area contributed by atoms with E-state index in [-0.39, 0.29) is 12.5 Å². The van der Waals surface area contributed by atoms with Crippen LogP contribution in [0.5, 0.6) is 5.75 Å². The largest absolute Gasteiger partial charge is 0.496 e. The maximum Gasteiger partial charge on any atom is 0.248 e. The number of hydrogen-bond acceptors (Lipinski definition) is 7. The normalized spacial score (nSPS) is 15.4. The number of carbonyl (C=O) groups is 1. The summed E-state index contributed by atoms with van der Waals surface area (Å²) in [7, 11) is 3.15. The number of amides is 1. The Hall–Kier alpha value is -2.45. The lowest BCUT2D eigenvalue weighted by atomic mass is 10.2. The van der Waals surface area contributed by atoms with Crippen LogP contribution in [0.3, 0.4) is 0 Å². The number of benzene rings is 1. The van der Waals surface area contributed by atoms with Crippen molar-refractivity contribution in [1.82, 2.24) is 19.9 Å². The van der Waals surface area contributed by atoms with Crippen LogP contribution in [0.15, 0.2) is 28.8 Å². The Bertz CT molecular complexity index is 710. The van der Waals surface area contributed by atoms with Gasteiger partial charge in [0, 0.05) is 33.3 Å². The fourth-order valence-corrected chi connectivity index (χ4v) is 2.82. The second-order valence-corrected chi connectivity index (χ2v) is 5.80. The van der Waals surface area contributed by atoms with Crippen LogP contribution < -0.4 is 4.74 Å². The van der Waals surface area contributed by atoms with E-state index in [4.69, 9.17) is 14.0 Å². The van der Waals surface area contributed by atoms with Gasteiger partial charge in [0.1, 0.15) is 12.4 Å². The molecule has 2 heterocycles. The van der Waals surface area contributed by atoms with Crippen molar-refractivity contribution in [3.05, 3.63) is 30.2 Å². The van der Waals surface area contributed by atoms with Gasteiger partial charge in [-0.3, -0.25) is 9.69 Å². The van der Waals surface area contributed by atoms with Crippen molar-refractivity contribution in [1.29, 1.82) is 0 Å². The Morgan fingerprint density at radius 1 is 1.20 bits per heavy atom. The van der Waals surface area contributed by atoms with E-state index in [0.29, 0.717) is 37.1 Å². The highest BCUT2D eigenvalue weighted by molar-refractivity contribution is 5.77. The highest BCUT2D eigenvalue weighted by Crippen LogP contribution is 2.27. The molecule has 134 valence electrons. The van der Waals surface area contributed by atoms with E-state index in [1.807, 2.05) is 29.2 Å². The topological polar surface area (TPSA) is 80.9 Å². The first-order valence-electron chi connectivity index (χ1n) is 8.16. The SMILES string of the molecule is COCC(=O)N1CCN(Cc2nc(-c3ccccc3OC)no2)CC1. The van der Waals surface area contributed by atoms with Gasteiger partial charge in [-0.15, -0.1) is 0 Å². The number of methoxy groups -OCH3 is 2. The quantitative estimate of drug-likeness (QED) is 0.773. The lowest BCUT2D eigenvalue weighted by molar-refractivity contribution is -0.137. The van der Waals surface area contributed by atoms with Crippen LogP contribution in [0.4, 0.5) is 0 Å². The fourth-order valence-electron chi connectivity index (χ4n) is 2.82. The molecule has 1 fully saturated rings. The van der Waals surface area contributed by atoms with Crippen molar-refractivity contribution < 1.29 is 18.8 Å². The van der Waals surface area contributed by atoms with Gasteiger partial charge in [0.2, 0.25) is 17.6 Å². The Labute approximate surface area is 146 Å². The molecule has 1 saturated heterocycles. The molecule has 1 amide bonds. The molecule has 1 aromatic carbocycles. The van der Waals surface area contributed by atoms with Gasteiger partial charge in [-0.05, 0) is 12.1 Å². The molecular formula is C17H22N4O4. The standard InChI is InChI=1S/C17H22N4O4/c1-23-12-16(22)21-9-7-20(8-10-21)11-15-18-17(19-25-15)13-5-3-4-6-14(13)24-2/h3-6H,7-12H2,1-2H3. The van der Waals surface area contributed by atoms with Crippen molar-refractivity contribution in [2.24, 2.45) is 0 Å². The fraction of sp³-hybridized carbons (Fsp3) is 0.471. The molecule has 1 aromatic heterocycles. The number of para-hydroxylation sites is 1. The van der Waals surface area contributed by atoms with Gasteiger partial charge in [0.05, 0.1) is 19.2 Å². The Balaban J connectivity index is 1.59. The number of piperazine rings is 1. The Kier molecular flexibility index (Phi) is 5.62. The zero-order valence-electron chi connectivity index (χ0n) is 14.5. The van der Waals surface area contributed by atoms with Crippen molar-refractivity contribution in [2.75, 3.05) is 47.0 Å². The molecule has 25 heavy (non-hydrogen) atoms. The predicted molar refractivity (Wildman–Crippen MR) is 90.0 cm³/mol. The molecule has 0 bridgehead atoms. The third-order valence-corrected chi connectivity index (χ3v) is 4.17. The lowest BCUT2D eigenvalue weighted by Gasteiger charge is -2.33. The summed E-state index contributed by atoms with van der Waals surface area (Å²) in [5, 5.41) is 4.05. The van der Waals surface area contributed by atoms with Crippen LogP contribution in [0, 0.1) is 0 Å². The van der Waals surface area contributed by atoms with E-state index >= 15 is 0 Å². The van der Waals surface area contributed by atoms with Crippen LogP contribution in [0.25, 0.3) is 11.4 Å². The zero-order valence-corrected chi connectivity index (χ0v) is 14.5. The van der Waals surface area contributed by atoms with Crippen molar-refractivity contribution in [2.45, 2.75) is 6.54 Å². The van der Waals surface area contributed by atoms with Crippen LogP contribution in [-0.4, -0.2) is 72.9 Å². The molecule has 1 aliphatic rings. The Morgan fingerprint density at radius 3 is 2.68 bits per heavy atom. The van der Waals surface area contributed by atoms with Crippen molar-refractivity contribution in [3.63, 3.8) is 0 Å². The molecule has 0 unspecified atom stereocenters. The first-order chi connectivity index (χ1) is 12.2. The molecule has 0 saturated carbocycles. The van der Waals surface area contributed by atoms with E-state index in [9.17, 15) is 4.79 Å². The molecule has 2 aromatic rings. The summed E-state index contributed by atoms with van der Waals surface area (Å²) in [5.41, 5.74) is 0.801. The highest BCUT2D eigenvalue weighted by atomic mass is 16.5. The number of hydrogen-bond donors (Lipinski definition) is 0. The van der Waals surface area contributed by atoms with Gasteiger partial charge >= 0.3 is 0 Å². The third kappa shape index (κ3) is 4.15. The lowest BCUT2D eigenvalue weighted by Crippen LogP contribution is -2.49. The third-order valence-electron chi connectivity index (χ3n) is 4.17. The van der Waals surface area contributed by atoms with Crippen molar-refractivity contribution in [3.8, 4) is 17.1 Å². The first-order valence-corrected chi connectivity index (χ1v) is 8.16. The van der Waals surface area contributed by atoms with Gasteiger partial charge in [-0.1, -0.05) is 17.3 Å². The molecule has 0 spiro atoms. The minimum atomic E-state index is 0.0263. The summed E-state index contributed by atoms with van der Waals surface area (Å²) in [6, 6.07) is 7.56. The summed E-state index contributed by atoms with van der Waals surface area (Å²) in [4.78, 5) is 20.3. The second-order valence-electron chi connectivity index (χ2n) is 5.80. The number of carbonyl (C=O) groups excluding carboxylic acids is 1. The Morgan fingerprint density at radius 2 is 1.96 bits per heavy atom. The maximum atomic E-state index is 11.8. The molecule has 1 aliphatic heterocycles. The van der Waals surface area contributed by atoms with E-state index in [0.717, 1.165) is 18.7 Å². The summed E-state index contributed by atoms with van der Waals surface area (Å²) in [5.74, 6) is 1.80. The van der Waals surface area contributed by atoms with E-state index in [2.05, 4.69) is 15.0 Å². The summed E-state index contributed by atoms with van der Waals surface area (Å²) in [6.45, 7) is 3.58. The molecule has 0 atom stereocenters. The first kappa shape index (κ1) is 17.4. The van der Waals surface area contributed by atoms with Gasteiger partial charge in [0.25, 0.3) is 0 Å². The van der Waals surface area contributed by atoms with Crippen LogP contribution in [-0.2, 0) is 16.1 Å². The average Bonchev–Trinajstić information content (AvgIpc) is 3.11. The zero-order chi connectivity index (χ0) is 17.6. The van der Waals surface area contributed by atoms with Crippen LogP contribution in [0.2, 0.25) is 0 Å². The summed E-state index contributed by atoms with van der Waals surface area (Å²) >= 11 is 0. The van der Waals surface area contributed by atoms with E-state index in [1.165, 1.54) is 7.11 Å². The monoisotopic (exact) mass is 346 g/mol. The average molecular weight is 346 g/mol. The van der Waals surface area contributed by atoms with E-state index in [1.54, 1.807) is 7.11 Å². The van der Waals surface area contributed by atoms with Crippen LogP contribution in [0.1, 0.15) is 5.89 Å². The molecule has 3 rings (SSSR count). The highest BCUT2D eigenvalue weighted by Gasteiger charge is 2.22. The van der Waals surface area contributed by atoms with Gasteiger partial charge in [0.15, 0.2) is 0 Å². The number of aromatic nitrogens is 2. The molecule has 8 heteroatoms. The molecular weight excluding hydrogens is 324 g/mol. The summed E-state index contributed by atoms with van der Waals surface area (Å²) < 4.78 is 15.6. The number of nitrogens with zero attached hydrogens (tertiary/aromatic N) is 4. The predicted octanol–water partition coefficient (Wildman–Crippen LogP) is 1.04. The van der Waals surface area contributed by atoms with Gasteiger partial charge in [-0.2, -0.15) is 4.98 Å². The van der Waals surface area contributed by atoms with E-state index < -0.39 is 0 Å². The molecule has 8 nitrogen and oxygen atoms in total. The molecule has 0 N–H and O–H groups in total. The minimum absolute atomic E-state index is 0.0263. The number of rotatable bonds is 6. The summed E-state index contributed by atoms with van der Waals surface area (Å²) in [6.07, 6.45) is 0. The van der Waals surface area contributed by atoms with Gasteiger partial charge in [-0.25, -0.2) is 0 Å². The minimum Gasteiger partial charge on any atom is -0.496 e. The number of ether oxygens (including phenoxy) is 2. The van der Waals surface area contributed by atoms with Crippen LogP contribution >= 0.6 is 0 Å². The molecule has 0 aliphatic carbocycles. The second kappa shape index (κ2) is 8.09. The molecule has 0 radical (unpaired) electrons. The van der Waals surface area contributed by atoms with Gasteiger partial charge < -0.3 is 18.9 Å².